The van der Waals surface area contributed by atoms with E-state index in [-0.39, 0.29) is 11.4 Å². The van der Waals surface area contributed by atoms with Crippen molar-refractivity contribution in [3.8, 4) is 0 Å². The second-order valence-corrected chi connectivity index (χ2v) is 6.40. The van der Waals surface area contributed by atoms with Gasteiger partial charge >= 0.3 is 0 Å². The van der Waals surface area contributed by atoms with Gasteiger partial charge < -0.3 is 5.11 Å². The van der Waals surface area contributed by atoms with E-state index in [1.807, 2.05) is 12.1 Å². The molecule has 18 heavy (non-hydrogen) atoms. The maximum absolute atomic E-state index is 11.9. The largest absolute Gasteiger partial charge is 0.392 e. The van der Waals surface area contributed by atoms with Crippen LogP contribution in [0.3, 0.4) is 0 Å². The number of benzene rings is 1. The lowest BCUT2D eigenvalue weighted by molar-refractivity contribution is 0.174. The number of nitrogens with one attached hydrogen (secondary N) is 1. The Balaban J connectivity index is 2.79. The highest BCUT2D eigenvalue weighted by Crippen LogP contribution is 2.17. The molecule has 0 saturated carbocycles. The van der Waals surface area contributed by atoms with Crippen LogP contribution in [0.5, 0.6) is 0 Å². The first kappa shape index (κ1) is 15.1. The molecular formula is C13H21NO3S. The Bertz CT molecular complexity index is 466. The van der Waals surface area contributed by atoms with Crippen LogP contribution in [0.15, 0.2) is 29.2 Å². The lowest BCUT2D eigenvalue weighted by atomic mass is 10.0. The molecule has 1 aromatic rings. The van der Waals surface area contributed by atoms with Gasteiger partial charge in [0.05, 0.1) is 11.0 Å². The van der Waals surface area contributed by atoms with Gasteiger partial charge in [0.2, 0.25) is 10.0 Å². The van der Waals surface area contributed by atoms with Crippen molar-refractivity contribution in [1.29, 1.82) is 0 Å². The van der Waals surface area contributed by atoms with Crippen molar-refractivity contribution in [3.63, 3.8) is 0 Å². The van der Waals surface area contributed by atoms with Crippen LogP contribution in [0.2, 0.25) is 0 Å². The maximum Gasteiger partial charge on any atom is 0.240 e. The van der Waals surface area contributed by atoms with Gasteiger partial charge in [0.15, 0.2) is 0 Å². The average Bonchev–Trinajstić information content (AvgIpc) is 2.36. The van der Waals surface area contributed by atoms with Crippen molar-refractivity contribution in [1.82, 2.24) is 4.72 Å². The van der Waals surface area contributed by atoms with Gasteiger partial charge in [-0.1, -0.05) is 32.9 Å². The van der Waals surface area contributed by atoms with Crippen LogP contribution in [-0.2, 0) is 10.0 Å². The zero-order valence-corrected chi connectivity index (χ0v) is 11.9. The molecule has 0 spiro atoms. The number of hydrogen-bond acceptors (Lipinski definition) is 3. The molecule has 5 heteroatoms. The van der Waals surface area contributed by atoms with E-state index in [0.29, 0.717) is 12.3 Å². The molecule has 0 fully saturated rings. The number of aliphatic hydroxyl groups excluding tert-OH is 1. The predicted molar refractivity (Wildman–Crippen MR) is 72.0 cm³/mol. The van der Waals surface area contributed by atoms with E-state index in [9.17, 15) is 13.5 Å². The second-order valence-electron chi connectivity index (χ2n) is 4.64. The molecule has 0 bridgehead atoms. The number of aliphatic hydroxyl groups is 1. The Morgan fingerprint density at radius 3 is 2.22 bits per heavy atom. The third-order valence-corrected chi connectivity index (χ3v) is 4.28. The molecule has 0 saturated heterocycles. The van der Waals surface area contributed by atoms with Gasteiger partial charge in [-0.2, -0.15) is 0 Å². The van der Waals surface area contributed by atoms with Crippen molar-refractivity contribution in [2.45, 2.75) is 44.1 Å². The molecule has 1 rings (SSSR count). The van der Waals surface area contributed by atoms with Crippen molar-refractivity contribution >= 4 is 10.0 Å². The summed E-state index contributed by atoms with van der Waals surface area (Å²) in [5.41, 5.74) is 1.10. The number of hydrogen-bond donors (Lipinski definition) is 2. The molecular weight excluding hydrogens is 250 g/mol. The van der Waals surface area contributed by atoms with Gasteiger partial charge in [0.1, 0.15) is 0 Å². The summed E-state index contributed by atoms with van der Waals surface area (Å²) in [5.74, 6) is 0.372. The van der Waals surface area contributed by atoms with E-state index in [1.165, 1.54) is 0 Å². The van der Waals surface area contributed by atoms with Crippen LogP contribution in [0.4, 0.5) is 0 Å². The Kier molecular flexibility index (Phi) is 5.31. The fourth-order valence-corrected chi connectivity index (χ4v) is 2.54. The first-order valence-corrected chi connectivity index (χ1v) is 7.62. The van der Waals surface area contributed by atoms with Crippen LogP contribution >= 0.6 is 0 Å². The van der Waals surface area contributed by atoms with Crippen LogP contribution < -0.4 is 4.72 Å². The molecule has 0 aliphatic heterocycles. The summed E-state index contributed by atoms with van der Waals surface area (Å²) in [7, 11) is -3.52. The van der Waals surface area contributed by atoms with Crippen LogP contribution in [0.1, 0.15) is 38.7 Å². The summed E-state index contributed by atoms with van der Waals surface area (Å²) in [4.78, 5) is 0.232. The summed E-state index contributed by atoms with van der Waals surface area (Å²) in [6, 6.07) is 6.82. The van der Waals surface area contributed by atoms with Gasteiger partial charge in [-0.3, -0.25) is 0 Å². The van der Waals surface area contributed by atoms with E-state index in [1.54, 1.807) is 19.1 Å². The van der Waals surface area contributed by atoms with Gasteiger partial charge in [-0.15, -0.1) is 0 Å². The van der Waals surface area contributed by atoms with Crippen LogP contribution in [0.25, 0.3) is 0 Å². The molecule has 0 radical (unpaired) electrons. The Labute approximate surface area is 109 Å². The molecule has 1 atom stereocenters. The molecule has 0 amide bonds. The van der Waals surface area contributed by atoms with Gasteiger partial charge in [-0.25, -0.2) is 13.1 Å². The van der Waals surface area contributed by atoms with Crippen molar-refractivity contribution < 1.29 is 13.5 Å². The zero-order valence-electron chi connectivity index (χ0n) is 11.1. The summed E-state index contributed by atoms with van der Waals surface area (Å²) in [5, 5.41) is 9.36. The van der Waals surface area contributed by atoms with Gasteiger partial charge in [0, 0.05) is 6.54 Å². The third kappa shape index (κ3) is 4.08. The quantitative estimate of drug-likeness (QED) is 0.830. The number of rotatable bonds is 6. The number of sulfonamides is 1. The molecule has 0 heterocycles. The molecule has 102 valence electrons. The van der Waals surface area contributed by atoms with Crippen molar-refractivity contribution in [2.24, 2.45) is 0 Å². The monoisotopic (exact) mass is 271 g/mol. The second kappa shape index (κ2) is 6.31. The molecule has 0 aliphatic carbocycles. The molecule has 1 unspecified atom stereocenters. The SMILES string of the molecule is CCC(O)CNS(=O)(=O)c1ccc(C(C)C)cc1. The summed E-state index contributed by atoms with van der Waals surface area (Å²) >= 11 is 0. The van der Waals surface area contributed by atoms with Crippen molar-refractivity contribution in [2.75, 3.05) is 6.54 Å². The van der Waals surface area contributed by atoms with E-state index in [2.05, 4.69) is 18.6 Å². The molecule has 1 aromatic carbocycles. The Morgan fingerprint density at radius 1 is 1.22 bits per heavy atom. The fraction of sp³-hybridized carbons (Fsp3) is 0.538. The zero-order chi connectivity index (χ0) is 13.8. The summed E-state index contributed by atoms with van der Waals surface area (Å²) < 4.78 is 26.2. The van der Waals surface area contributed by atoms with E-state index >= 15 is 0 Å². The fourth-order valence-electron chi connectivity index (χ4n) is 1.47. The molecule has 0 aliphatic rings. The average molecular weight is 271 g/mol. The van der Waals surface area contributed by atoms with E-state index in [0.717, 1.165) is 5.56 Å². The van der Waals surface area contributed by atoms with Crippen LogP contribution in [0, 0.1) is 0 Å². The van der Waals surface area contributed by atoms with E-state index < -0.39 is 16.1 Å². The highest BCUT2D eigenvalue weighted by Gasteiger charge is 2.15. The molecule has 2 N–H and O–H groups in total. The lowest BCUT2D eigenvalue weighted by Gasteiger charge is -2.11. The standard InChI is InChI=1S/C13H21NO3S/c1-4-12(15)9-14-18(16,17)13-7-5-11(6-8-13)10(2)3/h5-8,10,12,14-15H,4,9H2,1-3H3. The normalized spacial score (nSPS) is 13.8. The first-order chi connectivity index (χ1) is 8.36. The van der Waals surface area contributed by atoms with Gasteiger partial charge in [-0.05, 0) is 30.0 Å². The Hall–Kier alpha value is -0.910. The maximum atomic E-state index is 11.9. The predicted octanol–water partition coefficient (Wildman–Crippen LogP) is 1.86. The first-order valence-electron chi connectivity index (χ1n) is 6.14. The van der Waals surface area contributed by atoms with E-state index in [4.69, 9.17) is 0 Å². The molecule has 0 aromatic heterocycles. The van der Waals surface area contributed by atoms with Crippen LogP contribution in [-0.4, -0.2) is 26.2 Å². The minimum absolute atomic E-state index is 0.0464. The minimum Gasteiger partial charge on any atom is -0.392 e. The van der Waals surface area contributed by atoms with Gasteiger partial charge in [0.25, 0.3) is 0 Å². The smallest absolute Gasteiger partial charge is 0.240 e. The topological polar surface area (TPSA) is 66.4 Å². The Morgan fingerprint density at radius 2 is 1.78 bits per heavy atom. The minimum atomic E-state index is -3.52. The summed E-state index contributed by atoms with van der Waals surface area (Å²) in [6.45, 7) is 5.96. The molecule has 4 nitrogen and oxygen atoms in total. The highest BCUT2D eigenvalue weighted by atomic mass is 32.2. The van der Waals surface area contributed by atoms with Crippen molar-refractivity contribution in [3.05, 3.63) is 29.8 Å². The summed E-state index contributed by atoms with van der Waals surface area (Å²) in [6.07, 6.45) is -0.121. The third-order valence-electron chi connectivity index (χ3n) is 2.84. The lowest BCUT2D eigenvalue weighted by Crippen LogP contribution is -2.31. The highest BCUT2D eigenvalue weighted by molar-refractivity contribution is 7.89.